The number of carbonyl (C=O) groups excluding carboxylic acids is 1. The third-order valence-electron chi connectivity index (χ3n) is 3.70. The van der Waals surface area contributed by atoms with E-state index in [4.69, 9.17) is 20.9 Å². The van der Waals surface area contributed by atoms with E-state index in [0.717, 1.165) is 6.42 Å². The van der Waals surface area contributed by atoms with Gasteiger partial charge < -0.3 is 20.9 Å². The fourth-order valence-electron chi connectivity index (χ4n) is 2.81. The summed E-state index contributed by atoms with van der Waals surface area (Å²) in [4.78, 5) is 10.8. The molecule has 142 valence electrons. The molecule has 0 saturated carbocycles. The van der Waals surface area contributed by atoms with Gasteiger partial charge in [0.05, 0.1) is 11.8 Å². The van der Waals surface area contributed by atoms with Crippen molar-refractivity contribution in [2.24, 2.45) is 17.4 Å². The molecule has 2 rings (SSSR count). The van der Waals surface area contributed by atoms with E-state index in [1.165, 1.54) is 12.3 Å². The Labute approximate surface area is 158 Å². The Morgan fingerprint density at radius 3 is 2.70 bits per heavy atom. The van der Waals surface area contributed by atoms with Gasteiger partial charge in [-0.05, 0) is 37.0 Å². The number of hydrogen-bond donors (Lipinski definition) is 2. The minimum atomic E-state index is -0.978. The van der Waals surface area contributed by atoms with Crippen LogP contribution in [0.25, 0.3) is 11.1 Å². The first-order valence-electron chi connectivity index (χ1n) is 8.46. The van der Waals surface area contributed by atoms with Gasteiger partial charge in [-0.2, -0.15) is 10.4 Å². The molecule has 2 aromatic rings. The van der Waals surface area contributed by atoms with Gasteiger partial charge in [-0.25, -0.2) is 4.79 Å². The van der Waals surface area contributed by atoms with Crippen LogP contribution in [0.4, 0.5) is 4.79 Å². The zero-order valence-corrected chi connectivity index (χ0v) is 15.6. The van der Waals surface area contributed by atoms with Crippen molar-refractivity contribution in [1.82, 2.24) is 10.2 Å². The molecular weight excluding hydrogens is 346 g/mol. The van der Waals surface area contributed by atoms with Crippen LogP contribution in [0, 0.1) is 17.2 Å². The highest BCUT2D eigenvalue weighted by Crippen LogP contribution is 2.28. The van der Waals surface area contributed by atoms with Crippen LogP contribution in [0.1, 0.15) is 32.8 Å². The van der Waals surface area contributed by atoms with E-state index in [-0.39, 0.29) is 5.88 Å². The van der Waals surface area contributed by atoms with Crippen LogP contribution in [-0.2, 0) is 0 Å². The van der Waals surface area contributed by atoms with Crippen LogP contribution >= 0.6 is 0 Å². The Morgan fingerprint density at radius 2 is 2.07 bits per heavy atom. The normalized spacial score (nSPS) is 12.9. The topological polar surface area (TPSA) is 137 Å². The van der Waals surface area contributed by atoms with Crippen molar-refractivity contribution in [3.8, 4) is 28.8 Å². The minimum absolute atomic E-state index is 0.0218. The van der Waals surface area contributed by atoms with Gasteiger partial charge in [0.25, 0.3) is 0 Å². The number of nitrogens with zero attached hydrogens (tertiary/aromatic N) is 3. The Hall–Kier alpha value is -3.18. The second kappa shape index (κ2) is 8.47. The lowest BCUT2D eigenvalue weighted by atomic mass is 9.93. The lowest BCUT2D eigenvalue weighted by Crippen LogP contribution is -2.43. The molecule has 1 unspecified atom stereocenters. The summed E-state index contributed by atoms with van der Waals surface area (Å²) < 4.78 is 10.5. The second-order valence-corrected chi connectivity index (χ2v) is 7.07. The number of rotatable bonds is 7. The number of carbonyl (C=O) groups is 1. The zero-order chi connectivity index (χ0) is 20.0. The second-order valence-electron chi connectivity index (χ2n) is 7.07. The molecule has 1 aromatic heterocycles. The summed E-state index contributed by atoms with van der Waals surface area (Å²) >= 11 is 0. The highest BCUT2D eigenvalue weighted by Gasteiger charge is 2.21. The smallest absolute Gasteiger partial charge is 0.411 e. The van der Waals surface area contributed by atoms with E-state index < -0.39 is 11.6 Å². The van der Waals surface area contributed by atoms with Crippen molar-refractivity contribution in [3.05, 3.63) is 36.0 Å². The molecule has 0 bridgehead atoms. The zero-order valence-electron chi connectivity index (χ0n) is 15.6. The average molecular weight is 369 g/mol. The first kappa shape index (κ1) is 20.1. The van der Waals surface area contributed by atoms with Crippen LogP contribution in [0.3, 0.4) is 0 Å². The summed E-state index contributed by atoms with van der Waals surface area (Å²) in [6, 6.07) is 8.77. The monoisotopic (exact) mass is 369 g/mol. The van der Waals surface area contributed by atoms with Gasteiger partial charge in [-0.3, -0.25) is 0 Å². The molecule has 8 nitrogen and oxygen atoms in total. The Morgan fingerprint density at radius 1 is 1.33 bits per heavy atom. The number of ether oxygens (including phenoxy) is 2. The highest BCUT2D eigenvalue weighted by molar-refractivity contribution is 5.70. The van der Waals surface area contributed by atoms with Crippen molar-refractivity contribution in [3.63, 3.8) is 0 Å². The predicted octanol–water partition coefficient (Wildman–Crippen LogP) is 2.62. The van der Waals surface area contributed by atoms with Gasteiger partial charge >= 0.3 is 6.09 Å². The van der Waals surface area contributed by atoms with Crippen LogP contribution < -0.4 is 20.9 Å². The lowest BCUT2D eigenvalue weighted by molar-refractivity contribution is 0.206. The molecule has 0 aliphatic rings. The number of nitriles is 1. The third kappa shape index (κ3) is 5.94. The van der Waals surface area contributed by atoms with Crippen LogP contribution in [0.15, 0.2) is 30.5 Å². The summed E-state index contributed by atoms with van der Waals surface area (Å²) in [5.74, 6) is 0.876. The molecule has 4 N–H and O–H groups in total. The maximum absolute atomic E-state index is 10.8. The van der Waals surface area contributed by atoms with Crippen molar-refractivity contribution in [2.75, 3.05) is 6.61 Å². The molecule has 0 radical (unpaired) electrons. The minimum Gasteiger partial charge on any atom is -0.490 e. The first-order valence-corrected chi connectivity index (χ1v) is 8.46. The Kier molecular flexibility index (Phi) is 6.32. The quantitative estimate of drug-likeness (QED) is 0.765. The largest absolute Gasteiger partial charge is 0.490 e. The molecule has 27 heavy (non-hydrogen) atoms. The highest BCUT2D eigenvalue weighted by atomic mass is 16.6. The van der Waals surface area contributed by atoms with Gasteiger partial charge in [0, 0.05) is 17.2 Å². The maximum atomic E-state index is 10.8. The Balaban J connectivity index is 2.21. The number of amides is 1. The summed E-state index contributed by atoms with van der Waals surface area (Å²) in [6.45, 7) is 6.42. The standard InChI is InChI=1S/C19H23N5O3/c1-12(2)8-19(3,22)11-26-16-5-4-13(6-14(16)9-20)15-7-17(24-23-10-15)27-18(21)25/h4-7,10,12H,8,11,22H2,1-3H3,(H2,21,25). The van der Waals surface area contributed by atoms with Crippen molar-refractivity contribution >= 4 is 6.09 Å². The molecular formula is C19H23N5O3. The molecule has 0 saturated heterocycles. The molecule has 1 atom stereocenters. The maximum Gasteiger partial charge on any atom is 0.411 e. The first-order chi connectivity index (χ1) is 12.7. The molecule has 1 heterocycles. The van der Waals surface area contributed by atoms with Gasteiger partial charge in [0.2, 0.25) is 5.88 Å². The molecule has 0 aliphatic heterocycles. The summed E-state index contributed by atoms with van der Waals surface area (Å²) in [6.07, 6.45) is 1.32. The number of nitrogens with two attached hydrogens (primary N) is 2. The van der Waals surface area contributed by atoms with Gasteiger partial charge in [0.15, 0.2) is 0 Å². The average Bonchev–Trinajstić information content (AvgIpc) is 2.58. The van der Waals surface area contributed by atoms with Crippen LogP contribution in [0.5, 0.6) is 11.6 Å². The molecule has 1 aromatic carbocycles. The van der Waals surface area contributed by atoms with Gasteiger partial charge in [0.1, 0.15) is 18.4 Å². The molecule has 8 heteroatoms. The van der Waals surface area contributed by atoms with E-state index in [1.807, 2.05) is 6.92 Å². The van der Waals surface area contributed by atoms with E-state index in [2.05, 4.69) is 30.1 Å². The van der Waals surface area contributed by atoms with E-state index >= 15 is 0 Å². The summed E-state index contributed by atoms with van der Waals surface area (Å²) in [5.41, 5.74) is 12.4. The van der Waals surface area contributed by atoms with E-state index in [0.29, 0.717) is 35.0 Å². The molecule has 0 fully saturated rings. The van der Waals surface area contributed by atoms with Crippen LogP contribution in [-0.4, -0.2) is 28.4 Å². The predicted molar refractivity (Wildman–Crippen MR) is 99.9 cm³/mol. The van der Waals surface area contributed by atoms with Crippen molar-refractivity contribution in [1.29, 1.82) is 5.26 Å². The third-order valence-corrected chi connectivity index (χ3v) is 3.70. The van der Waals surface area contributed by atoms with Gasteiger partial charge in [-0.15, -0.1) is 5.10 Å². The molecule has 0 aliphatic carbocycles. The molecule has 0 spiro atoms. The molecule has 1 amide bonds. The van der Waals surface area contributed by atoms with E-state index in [1.54, 1.807) is 18.2 Å². The van der Waals surface area contributed by atoms with Gasteiger partial charge in [-0.1, -0.05) is 19.9 Å². The number of benzene rings is 1. The summed E-state index contributed by atoms with van der Waals surface area (Å²) in [5, 5.41) is 16.9. The number of aromatic nitrogens is 2. The number of primary amides is 1. The SMILES string of the molecule is CC(C)CC(C)(N)COc1ccc(-c2cnnc(OC(N)=O)c2)cc1C#N. The van der Waals surface area contributed by atoms with E-state index in [9.17, 15) is 10.1 Å². The fourth-order valence-corrected chi connectivity index (χ4v) is 2.81. The summed E-state index contributed by atoms with van der Waals surface area (Å²) in [7, 11) is 0. The van der Waals surface area contributed by atoms with Crippen molar-refractivity contribution in [2.45, 2.75) is 32.7 Å². The number of hydrogen-bond acceptors (Lipinski definition) is 7. The van der Waals surface area contributed by atoms with Crippen LogP contribution in [0.2, 0.25) is 0 Å². The van der Waals surface area contributed by atoms with Crippen molar-refractivity contribution < 1.29 is 14.3 Å². The lowest BCUT2D eigenvalue weighted by Gasteiger charge is -2.26. The Bertz CT molecular complexity index is 859. The fraction of sp³-hybridized carbons (Fsp3) is 0.368.